The summed E-state index contributed by atoms with van der Waals surface area (Å²) >= 11 is 6.05. The minimum absolute atomic E-state index is 0.00455. The van der Waals surface area contributed by atoms with Gasteiger partial charge in [0.2, 0.25) is 21.8 Å². The summed E-state index contributed by atoms with van der Waals surface area (Å²) in [6.07, 6.45) is 3.34. The summed E-state index contributed by atoms with van der Waals surface area (Å²) in [5, 5.41) is 2.01. The first-order valence-corrected chi connectivity index (χ1v) is 14.3. The van der Waals surface area contributed by atoms with Crippen molar-refractivity contribution >= 4 is 50.0 Å². The van der Waals surface area contributed by atoms with Gasteiger partial charge in [-0.25, -0.2) is 8.42 Å². The molecule has 2 aliphatic rings. The Labute approximate surface area is 217 Å². The molecule has 2 aliphatic heterocycles. The molecule has 8 nitrogen and oxygen atoms in total. The highest BCUT2D eigenvalue weighted by atomic mass is 35.5. The molecule has 0 aromatic heterocycles. The standard InChI is InChI=1S/C26H32ClN3O5S/c1-3-22(31)17-30(36(34,35)23-10-8-19-15-21(27)9-7-20(19)16-23)24-11-14-29(26(24)33)18(2)25(32)28-12-5-4-6-13-28/h7-10,15-16,18,24H,3-6,11-14,17H2,1-2H3. The van der Waals surface area contributed by atoms with Crippen molar-refractivity contribution in [1.29, 1.82) is 0 Å². The van der Waals surface area contributed by atoms with Crippen LogP contribution in [0.1, 0.15) is 46.0 Å². The Balaban J connectivity index is 1.62. The van der Waals surface area contributed by atoms with Gasteiger partial charge in [0.25, 0.3) is 0 Å². The summed E-state index contributed by atoms with van der Waals surface area (Å²) in [4.78, 5) is 42.2. The summed E-state index contributed by atoms with van der Waals surface area (Å²) in [7, 11) is -4.18. The molecule has 0 saturated carbocycles. The third-order valence-corrected chi connectivity index (χ3v) is 9.24. The zero-order valence-electron chi connectivity index (χ0n) is 20.7. The van der Waals surface area contributed by atoms with Gasteiger partial charge in [-0.15, -0.1) is 0 Å². The van der Waals surface area contributed by atoms with Crippen molar-refractivity contribution in [3.8, 4) is 0 Å². The molecule has 0 bridgehead atoms. The van der Waals surface area contributed by atoms with Gasteiger partial charge in [-0.3, -0.25) is 14.4 Å². The van der Waals surface area contributed by atoms with Crippen molar-refractivity contribution in [3.05, 3.63) is 41.4 Å². The molecule has 10 heteroatoms. The van der Waals surface area contributed by atoms with Crippen molar-refractivity contribution in [2.24, 2.45) is 0 Å². The van der Waals surface area contributed by atoms with Crippen LogP contribution >= 0.6 is 11.6 Å². The molecule has 2 unspecified atom stereocenters. The molecule has 0 radical (unpaired) electrons. The highest BCUT2D eigenvalue weighted by Crippen LogP contribution is 2.29. The molecule has 0 aliphatic carbocycles. The van der Waals surface area contributed by atoms with Crippen molar-refractivity contribution in [2.45, 2.75) is 62.9 Å². The van der Waals surface area contributed by atoms with Gasteiger partial charge in [0, 0.05) is 31.1 Å². The maximum atomic E-state index is 13.8. The Kier molecular flexibility index (Phi) is 8.02. The molecule has 2 aromatic rings. The molecule has 2 amide bonds. The Morgan fingerprint density at radius 3 is 2.42 bits per heavy atom. The molecular weight excluding hydrogens is 502 g/mol. The van der Waals surface area contributed by atoms with Crippen LogP contribution in [0.4, 0.5) is 0 Å². The van der Waals surface area contributed by atoms with E-state index >= 15 is 0 Å². The highest BCUT2D eigenvalue weighted by Gasteiger charge is 2.45. The number of carbonyl (C=O) groups excluding carboxylic acids is 3. The van der Waals surface area contributed by atoms with Crippen LogP contribution in [-0.2, 0) is 24.4 Å². The lowest BCUT2D eigenvalue weighted by molar-refractivity contribution is -0.144. The lowest BCUT2D eigenvalue weighted by Gasteiger charge is -2.33. The van der Waals surface area contributed by atoms with Gasteiger partial charge < -0.3 is 9.80 Å². The first-order chi connectivity index (χ1) is 17.1. The zero-order valence-corrected chi connectivity index (χ0v) is 22.2. The number of halogens is 1. The fraction of sp³-hybridized carbons (Fsp3) is 0.500. The van der Waals surface area contributed by atoms with E-state index < -0.39 is 34.6 Å². The number of rotatable bonds is 8. The van der Waals surface area contributed by atoms with E-state index in [0.29, 0.717) is 23.5 Å². The molecule has 2 aromatic carbocycles. The number of amides is 2. The van der Waals surface area contributed by atoms with E-state index in [1.165, 1.54) is 17.0 Å². The van der Waals surface area contributed by atoms with Crippen molar-refractivity contribution in [1.82, 2.24) is 14.1 Å². The Morgan fingerprint density at radius 1 is 1.06 bits per heavy atom. The lowest BCUT2D eigenvalue weighted by Crippen LogP contribution is -2.52. The van der Waals surface area contributed by atoms with E-state index in [1.54, 1.807) is 43.0 Å². The number of piperidine rings is 1. The molecule has 0 N–H and O–H groups in total. The predicted octanol–water partition coefficient (Wildman–Crippen LogP) is 3.46. The Bertz CT molecular complexity index is 1280. The summed E-state index contributed by atoms with van der Waals surface area (Å²) in [6.45, 7) is 4.57. The second-order valence-corrected chi connectivity index (χ2v) is 11.8. The number of nitrogens with zero attached hydrogens (tertiary/aromatic N) is 3. The quantitative estimate of drug-likeness (QED) is 0.518. The zero-order chi connectivity index (χ0) is 26.0. The second-order valence-electron chi connectivity index (χ2n) is 9.49. The molecule has 0 spiro atoms. The summed E-state index contributed by atoms with van der Waals surface area (Å²) in [5.41, 5.74) is 0. The van der Waals surface area contributed by atoms with Crippen molar-refractivity contribution in [3.63, 3.8) is 0 Å². The average Bonchev–Trinajstić information content (AvgIpc) is 3.26. The first kappa shape index (κ1) is 26.6. The number of benzene rings is 2. The number of carbonyl (C=O) groups is 3. The number of fused-ring (bicyclic) bond motifs is 1. The largest absolute Gasteiger partial charge is 0.341 e. The summed E-state index contributed by atoms with van der Waals surface area (Å²) in [6, 6.07) is 8.09. The van der Waals surface area contributed by atoms with Gasteiger partial charge in [0.1, 0.15) is 17.9 Å². The summed E-state index contributed by atoms with van der Waals surface area (Å²) < 4.78 is 28.6. The monoisotopic (exact) mass is 533 g/mol. The number of ketones is 1. The van der Waals surface area contributed by atoms with Crippen LogP contribution in [0.2, 0.25) is 5.02 Å². The third-order valence-electron chi connectivity index (χ3n) is 7.16. The lowest BCUT2D eigenvalue weighted by atomic mass is 10.1. The normalized spacial score (nSPS) is 19.8. The molecule has 194 valence electrons. The van der Waals surface area contributed by atoms with Crippen molar-refractivity contribution in [2.75, 3.05) is 26.2 Å². The maximum absolute atomic E-state index is 13.8. The average molecular weight is 534 g/mol. The molecule has 2 atom stereocenters. The smallest absolute Gasteiger partial charge is 0.245 e. The van der Waals surface area contributed by atoms with E-state index in [0.717, 1.165) is 29.0 Å². The first-order valence-electron chi connectivity index (χ1n) is 12.5. The molecule has 2 saturated heterocycles. The third kappa shape index (κ3) is 5.28. The van der Waals surface area contributed by atoms with Gasteiger partial charge in [-0.05, 0) is 67.6 Å². The van der Waals surface area contributed by atoms with Gasteiger partial charge in [-0.2, -0.15) is 4.31 Å². The number of hydrogen-bond acceptors (Lipinski definition) is 5. The van der Waals surface area contributed by atoms with Gasteiger partial charge in [-0.1, -0.05) is 30.7 Å². The van der Waals surface area contributed by atoms with E-state index in [4.69, 9.17) is 11.6 Å². The number of hydrogen-bond donors (Lipinski definition) is 0. The van der Waals surface area contributed by atoms with E-state index in [2.05, 4.69) is 0 Å². The SMILES string of the molecule is CCC(=O)CN(C1CCN(C(C)C(=O)N2CCCCC2)C1=O)S(=O)(=O)c1ccc2cc(Cl)ccc2c1. The van der Waals surface area contributed by atoms with Crippen molar-refractivity contribution < 1.29 is 22.8 Å². The molecular formula is C26H32ClN3O5S. The highest BCUT2D eigenvalue weighted by molar-refractivity contribution is 7.89. The maximum Gasteiger partial charge on any atom is 0.245 e. The van der Waals surface area contributed by atoms with Crippen LogP contribution < -0.4 is 0 Å². The van der Waals surface area contributed by atoms with Crippen LogP contribution in [0.25, 0.3) is 10.8 Å². The Morgan fingerprint density at radius 2 is 1.72 bits per heavy atom. The van der Waals surface area contributed by atoms with Crippen LogP contribution in [0.5, 0.6) is 0 Å². The van der Waals surface area contributed by atoms with Gasteiger partial charge in [0.05, 0.1) is 11.4 Å². The van der Waals surface area contributed by atoms with Gasteiger partial charge >= 0.3 is 0 Å². The number of sulfonamides is 1. The minimum Gasteiger partial charge on any atom is -0.341 e. The molecule has 2 fully saturated rings. The second kappa shape index (κ2) is 10.9. The van der Waals surface area contributed by atoms with Crippen LogP contribution in [0.3, 0.4) is 0 Å². The molecule has 4 rings (SSSR count). The number of likely N-dealkylation sites (tertiary alicyclic amines) is 2. The minimum atomic E-state index is -4.18. The van der Waals surface area contributed by atoms with E-state index in [-0.39, 0.29) is 36.0 Å². The Hall–Kier alpha value is -2.49. The van der Waals surface area contributed by atoms with Crippen LogP contribution in [0.15, 0.2) is 41.3 Å². The van der Waals surface area contributed by atoms with Gasteiger partial charge in [0.15, 0.2) is 0 Å². The van der Waals surface area contributed by atoms with E-state index in [9.17, 15) is 22.8 Å². The fourth-order valence-corrected chi connectivity index (χ4v) is 6.80. The van der Waals surface area contributed by atoms with E-state index in [1.807, 2.05) is 0 Å². The fourth-order valence-electron chi connectivity index (χ4n) is 4.99. The predicted molar refractivity (Wildman–Crippen MR) is 138 cm³/mol. The van der Waals surface area contributed by atoms with Crippen LogP contribution in [-0.4, -0.2) is 78.4 Å². The van der Waals surface area contributed by atoms with Crippen LogP contribution in [0, 0.1) is 0 Å². The topological polar surface area (TPSA) is 95.1 Å². The number of Topliss-reactive ketones (excluding diaryl/α,β-unsaturated/α-hetero) is 1. The molecule has 2 heterocycles. The summed E-state index contributed by atoms with van der Waals surface area (Å²) in [5.74, 6) is -0.835. The molecule has 36 heavy (non-hydrogen) atoms.